The lowest BCUT2D eigenvalue weighted by Crippen LogP contribution is -1.94. The largest absolute Gasteiger partial charge is 0.398 e. The van der Waals surface area contributed by atoms with Gasteiger partial charge >= 0.3 is 0 Å². The maximum Gasteiger partial charge on any atom is 0.0704 e. The summed E-state index contributed by atoms with van der Waals surface area (Å²) in [7, 11) is 0. The van der Waals surface area contributed by atoms with Crippen LogP contribution in [0.1, 0.15) is 11.1 Å². The molecule has 0 radical (unpaired) electrons. The lowest BCUT2D eigenvalue weighted by atomic mass is 10.0. The van der Waals surface area contributed by atoms with Crippen molar-refractivity contribution in [2.45, 2.75) is 6.42 Å². The van der Waals surface area contributed by atoms with E-state index in [0.29, 0.717) is 10.7 Å². The zero-order valence-corrected chi connectivity index (χ0v) is 11.1. The van der Waals surface area contributed by atoms with Crippen LogP contribution in [0.25, 0.3) is 10.9 Å². The lowest BCUT2D eigenvalue weighted by Gasteiger charge is -2.07. The van der Waals surface area contributed by atoms with Gasteiger partial charge in [-0.2, -0.15) is 0 Å². The molecule has 19 heavy (non-hydrogen) atoms. The Morgan fingerprint density at radius 3 is 2.74 bits per heavy atom. The van der Waals surface area contributed by atoms with Crippen molar-refractivity contribution in [3.63, 3.8) is 0 Å². The first-order valence-corrected chi connectivity index (χ1v) is 6.48. The average molecular weight is 269 g/mol. The normalized spacial score (nSPS) is 10.8. The minimum atomic E-state index is 0.600. The third-order valence-corrected chi connectivity index (χ3v) is 3.54. The molecule has 0 aliphatic heterocycles. The molecule has 0 saturated heterocycles. The Morgan fingerprint density at radius 1 is 1.05 bits per heavy atom. The number of halogens is 1. The van der Waals surface area contributed by atoms with E-state index >= 15 is 0 Å². The minimum absolute atomic E-state index is 0.600. The Bertz CT molecular complexity index is 732. The van der Waals surface area contributed by atoms with Gasteiger partial charge < -0.3 is 5.73 Å². The Morgan fingerprint density at radius 2 is 1.89 bits per heavy atom. The summed E-state index contributed by atoms with van der Waals surface area (Å²) in [4.78, 5) is 4.37. The third kappa shape index (κ3) is 2.40. The van der Waals surface area contributed by atoms with Crippen molar-refractivity contribution >= 4 is 28.2 Å². The molecule has 0 bridgehead atoms. The van der Waals surface area contributed by atoms with Gasteiger partial charge in [-0.1, -0.05) is 35.9 Å². The number of hydrogen-bond donors (Lipinski definition) is 1. The van der Waals surface area contributed by atoms with Crippen molar-refractivity contribution in [2.24, 2.45) is 0 Å². The van der Waals surface area contributed by atoms with E-state index in [4.69, 9.17) is 17.3 Å². The van der Waals surface area contributed by atoms with Crippen LogP contribution in [-0.2, 0) is 6.42 Å². The van der Waals surface area contributed by atoms with Gasteiger partial charge in [0.1, 0.15) is 0 Å². The molecule has 94 valence electrons. The summed E-state index contributed by atoms with van der Waals surface area (Å²) < 4.78 is 0. The van der Waals surface area contributed by atoms with Crippen molar-refractivity contribution in [3.8, 4) is 0 Å². The van der Waals surface area contributed by atoms with Gasteiger partial charge in [0.05, 0.1) is 16.2 Å². The second-order valence-corrected chi connectivity index (χ2v) is 4.93. The summed E-state index contributed by atoms with van der Waals surface area (Å²) in [6.07, 6.45) is 2.67. The lowest BCUT2D eigenvalue weighted by molar-refractivity contribution is 1.20. The van der Waals surface area contributed by atoms with Gasteiger partial charge in [0.2, 0.25) is 0 Å². The van der Waals surface area contributed by atoms with Crippen molar-refractivity contribution in [2.75, 3.05) is 5.73 Å². The van der Waals surface area contributed by atoms with E-state index in [1.807, 2.05) is 48.7 Å². The zero-order chi connectivity index (χ0) is 13.2. The van der Waals surface area contributed by atoms with Gasteiger partial charge in [0.25, 0.3) is 0 Å². The van der Waals surface area contributed by atoms with Crippen LogP contribution in [0.2, 0.25) is 5.02 Å². The van der Waals surface area contributed by atoms with Crippen molar-refractivity contribution in [1.29, 1.82) is 0 Å². The maximum atomic E-state index is 5.94. The Hall–Kier alpha value is -2.06. The number of para-hydroxylation sites is 1. The molecular weight excluding hydrogens is 256 g/mol. The van der Waals surface area contributed by atoms with Crippen LogP contribution in [0, 0.1) is 0 Å². The van der Waals surface area contributed by atoms with Crippen LogP contribution >= 0.6 is 11.6 Å². The number of benzene rings is 2. The molecule has 0 fully saturated rings. The van der Waals surface area contributed by atoms with E-state index < -0.39 is 0 Å². The topological polar surface area (TPSA) is 38.9 Å². The zero-order valence-electron chi connectivity index (χ0n) is 10.3. The first-order chi connectivity index (χ1) is 9.24. The van der Waals surface area contributed by atoms with Gasteiger partial charge in [-0.15, -0.1) is 0 Å². The van der Waals surface area contributed by atoms with Crippen LogP contribution in [0.15, 0.2) is 54.7 Å². The van der Waals surface area contributed by atoms with Gasteiger partial charge in [0, 0.05) is 11.6 Å². The van der Waals surface area contributed by atoms with E-state index in [1.165, 1.54) is 10.9 Å². The Balaban J connectivity index is 2.03. The maximum absolute atomic E-state index is 5.94. The van der Waals surface area contributed by atoms with Crippen molar-refractivity contribution in [3.05, 3.63) is 70.9 Å². The highest BCUT2D eigenvalue weighted by Crippen LogP contribution is 2.23. The molecule has 2 aromatic carbocycles. The molecule has 0 spiro atoms. The van der Waals surface area contributed by atoms with Crippen molar-refractivity contribution < 1.29 is 0 Å². The van der Waals surface area contributed by atoms with E-state index in [-0.39, 0.29) is 0 Å². The Labute approximate surface area is 116 Å². The van der Waals surface area contributed by atoms with Crippen LogP contribution in [0.3, 0.4) is 0 Å². The molecule has 1 heterocycles. The monoisotopic (exact) mass is 268 g/mol. The number of pyridine rings is 1. The first-order valence-electron chi connectivity index (χ1n) is 6.10. The SMILES string of the molecule is Nc1cc(Cc2ccnc3ccccc23)ccc1Cl. The summed E-state index contributed by atoms with van der Waals surface area (Å²) in [5, 5.41) is 1.78. The predicted molar refractivity (Wildman–Crippen MR) is 80.4 cm³/mol. The fourth-order valence-corrected chi connectivity index (χ4v) is 2.35. The quantitative estimate of drug-likeness (QED) is 0.712. The molecule has 3 aromatic rings. The van der Waals surface area contributed by atoms with E-state index in [2.05, 4.69) is 11.1 Å². The average Bonchev–Trinajstić information content (AvgIpc) is 2.43. The van der Waals surface area contributed by atoms with Crippen molar-refractivity contribution in [1.82, 2.24) is 4.98 Å². The second kappa shape index (κ2) is 4.90. The number of anilines is 1. The van der Waals surface area contributed by atoms with Crippen LogP contribution in [-0.4, -0.2) is 4.98 Å². The third-order valence-electron chi connectivity index (χ3n) is 3.19. The van der Waals surface area contributed by atoms with Gasteiger partial charge in [-0.05, 0) is 41.8 Å². The highest BCUT2D eigenvalue weighted by Gasteiger charge is 2.04. The van der Waals surface area contributed by atoms with E-state index in [1.54, 1.807) is 0 Å². The van der Waals surface area contributed by atoms with E-state index in [0.717, 1.165) is 17.5 Å². The molecule has 0 aliphatic carbocycles. The van der Waals surface area contributed by atoms with Crippen LogP contribution in [0.5, 0.6) is 0 Å². The van der Waals surface area contributed by atoms with Gasteiger partial charge in [0.15, 0.2) is 0 Å². The summed E-state index contributed by atoms with van der Waals surface area (Å²) in [5.41, 5.74) is 9.88. The molecule has 0 amide bonds. The number of aromatic nitrogens is 1. The fraction of sp³-hybridized carbons (Fsp3) is 0.0625. The Kier molecular flexibility index (Phi) is 3.10. The fourth-order valence-electron chi connectivity index (χ4n) is 2.23. The summed E-state index contributed by atoms with van der Waals surface area (Å²) >= 11 is 5.94. The molecule has 2 nitrogen and oxygen atoms in total. The summed E-state index contributed by atoms with van der Waals surface area (Å²) in [6.45, 7) is 0. The number of fused-ring (bicyclic) bond motifs is 1. The highest BCUT2D eigenvalue weighted by atomic mass is 35.5. The molecule has 0 saturated carbocycles. The molecule has 3 rings (SSSR count). The van der Waals surface area contributed by atoms with Gasteiger partial charge in [-0.3, -0.25) is 4.98 Å². The predicted octanol–water partition coefficient (Wildman–Crippen LogP) is 4.06. The highest BCUT2D eigenvalue weighted by molar-refractivity contribution is 6.33. The smallest absolute Gasteiger partial charge is 0.0704 e. The first kappa shape index (κ1) is 12.0. The number of nitrogens with zero attached hydrogens (tertiary/aromatic N) is 1. The second-order valence-electron chi connectivity index (χ2n) is 4.52. The summed E-state index contributed by atoms with van der Waals surface area (Å²) in [6, 6.07) is 16.0. The molecule has 0 unspecified atom stereocenters. The molecular formula is C16H13ClN2. The number of hydrogen-bond acceptors (Lipinski definition) is 2. The number of nitrogen functional groups attached to an aromatic ring is 1. The molecule has 0 aliphatic rings. The number of nitrogens with two attached hydrogens (primary N) is 1. The van der Waals surface area contributed by atoms with Gasteiger partial charge in [-0.25, -0.2) is 0 Å². The molecule has 1 aromatic heterocycles. The summed E-state index contributed by atoms with van der Waals surface area (Å²) in [5.74, 6) is 0. The minimum Gasteiger partial charge on any atom is -0.398 e. The van der Waals surface area contributed by atoms with Crippen LogP contribution in [0.4, 0.5) is 5.69 Å². The van der Waals surface area contributed by atoms with E-state index in [9.17, 15) is 0 Å². The molecule has 2 N–H and O–H groups in total. The molecule has 3 heteroatoms. The molecule has 0 atom stereocenters. The standard InChI is InChI=1S/C16H13ClN2/c17-14-6-5-11(10-15(14)18)9-12-7-8-19-16-4-2-1-3-13(12)16/h1-8,10H,9,18H2. The van der Waals surface area contributed by atoms with Crippen LogP contribution < -0.4 is 5.73 Å². The number of rotatable bonds is 2.